The Balaban J connectivity index is 2.07. The van der Waals surface area contributed by atoms with Crippen LogP contribution < -0.4 is 5.73 Å². The number of amides is 1. The smallest absolute Gasteiger partial charge is 0.340 e. The second-order valence-corrected chi connectivity index (χ2v) is 9.09. The summed E-state index contributed by atoms with van der Waals surface area (Å²) in [6.45, 7) is 3.28. The van der Waals surface area contributed by atoms with Crippen LogP contribution in [0.5, 0.6) is 0 Å². The molecule has 2 N–H and O–H groups in total. The lowest BCUT2D eigenvalue weighted by Gasteiger charge is -2.33. The molecule has 2 atom stereocenters. The first-order chi connectivity index (χ1) is 12.1. The predicted octanol–water partition coefficient (Wildman–Crippen LogP) is 1.89. The van der Waals surface area contributed by atoms with Crippen molar-refractivity contribution in [3.63, 3.8) is 0 Å². The Morgan fingerprint density at radius 3 is 2.69 bits per heavy atom. The zero-order valence-corrected chi connectivity index (χ0v) is 16.3. The molecule has 0 saturated carbocycles. The molecule has 0 aromatic heterocycles. The van der Waals surface area contributed by atoms with Crippen LogP contribution in [0, 0.1) is 0 Å². The fraction of sp³-hybridized carbons (Fsp3) is 0.529. The van der Waals surface area contributed by atoms with Gasteiger partial charge in [-0.05, 0) is 38.0 Å². The molecule has 1 saturated heterocycles. The van der Waals surface area contributed by atoms with Crippen LogP contribution >= 0.6 is 11.6 Å². The summed E-state index contributed by atoms with van der Waals surface area (Å²) in [5.74, 6) is -1.16. The normalized spacial score (nSPS) is 19.7. The van der Waals surface area contributed by atoms with Crippen molar-refractivity contribution in [3.05, 3.63) is 28.8 Å². The molecule has 9 heteroatoms. The Morgan fingerprint density at radius 2 is 2.12 bits per heavy atom. The molecule has 1 aromatic rings. The second kappa shape index (κ2) is 8.26. The zero-order chi connectivity index (χ0) is 19.5. The summed E-state index contributed by atoms with van der Waals surface area (Å²) in [4.78, 5) is 26.3. The van der Waals surface area contributed by atoms with E-state index in [9.17, 15) is 18.0 Å². The maximum Gasteiger partial charge on any atom is 0.340 e. The van der Waals surface area contributed by atoms with E-state index >= 15 is 0 Å². The second-order valence-electron chi connectivity index (χ2n) is 6.42. The lowest BCUT2D eigenvalue weighted by Crippen LogP contribution is -2.48. The minimum absolute atomic E-state index is 0.0573. The van der Waals surface area contributed by atoms with Crippen LogP contribution in [0.2, 0.25) is 5.02 Å². The number of hydrogen-bond acceptors (Lipinski definition) is 6. The number of halogens is 1. The van der Waals surface area contributed by atoms with Crippen molar-refractivity contribution in [2.75, 3.05) is 23.8 Å². The number of nitrogens with two attached hydrogens (primary N) is 1. The van der Waals surface area contributed by atoms with Crippen molar-refractivity contribution < 1.29 is 22.7 Å². The van der Waals surface area contributed by atoms with E-state index in [1.807, 2.05) is 13.8 Å². The van der Waals surface area contributed by atoms with Crippen molar-refractivity contribution >= 4 is 39.0 Å². The lowest BCUT2D eigenvalue weighted by molar-refractivity contribution is -0.138. The van der Waals surface area contributed by atoms with E-state index < -0.39 is 34.4 Å². The maximum atomic E-state index is 12.6. The fourth-order valence-electron chi connectivity index (χ4n) is 2.99. The van der Waals surface area contributed by atoms with Gasteiger partial charge in [-0.3, -0.25) is 4.79 Å². The summed E-state index contributed by atoms with van der Waals surface area (Å²) < 4.78 is 28.6. The van der Waals surface area contributed by atoms with Crippen LogP contribution in [0.4, 0.5) is 5.69 Å². The van der Waals surface area contributed by atoms with Crippen LogP contribution in [0.1, 0.15) is 37.0 Å². The molecular formula is C17H23ClN2O5S. The summed E-state index contributed by atoms with van der Waals surface area (Å²) in [6, 6.07) is 3.85. The van der Waals surface area contributed by atoms with E-state index in [2.05, 4.69) is 0 Å². The average Bonchev–Trinajstić information content (AvgIpc) is 2.94. The van der Waals surface area contributed by atoms with E-state index in [1.54, 1.807) is 6.07 Å². The van der Waals surface area contributed by atoms with Gasteiger partial charge in [0.2, 0.25) is 0 Å². The number of nitrogens with zero attached hydrogens (tertiary/aromatic N) is 1. The van der Waals surface area contributed by atoms with Gasteiger partial charge in [0.25, 0.3) is 5.91 Å². The summed E-state index contributed by atoms with van der Waals surface area (Å²) >= 11 is 5.85. The van der Waals surface area contributed by atoms with E-state index in [0.717, 1.165) is 0 Å². The minimum atomic E-state index is -3.13. The molecule has 0 aliphatic carbocycles. The largest absolute Gasteiger partial charge is 0.452 e. The molecule has 0 unspecified atom stereocenters. The van der Waals surface area contributed by atoms with E-state index in [0.29, 0.717) is 17.9 Å². The first-order valence-corrected chi connectivity index (χ1v) is 10.6. The maximum absolute atomic E-state index is 12.6. The first-order valence-electron chi connectivity index (χ1n) is 8.38. The Bertz CT molecular complexity index is 796. The fourth-order valence-corrected chi connectivity index (χ4v) is 4.87. The number of benzene rings is 1. The zero-order valence-electron chi connectivity index (χ0n) is 14.8. The third-order valence-corrected chi connectivity index (χ3v) is 6.50. The molecule has 1 aliphatic heterocycles. The molecule has 26 heavy (non-hydrogen) atoms. The van der Waals surface area contributed by atoms with Crippen molar-refractivity contribution in [1.82, 2.24) is 4.90 Å². The van der Waals surface area contributed by atoms with Gasteiger partial charge in [0, 0.05) is 22.8 Å². The van der Waals surface area contributed by atoms with Crippen LogP contribution in [0.15, 0.2) is 18.2 Å². The highest BCUT2D eigenvalue weighted by molar-refractivity contribution is 7.91. The minimum Gasteiger partial charge on any atom is -0.452 e. The number of esters is 1. The summed E-state index contributed by atoms with van der Waals surface area (Å²) in [6.07, 6.45) is 1.06. The highest BCUT2D eigenvalue weighted by Gasteiger charge is 2.36. The highest BCUT2D eigenvalue weighted by Crippen LogP contribution is 2.22. The summed E-state index contributed by atoms with van der Waals surface area (Å²) in [5.41, 5.74) is 6.02. The summed E-state index contributed by atoms with van der Waals surface area (Å²) in [5, 5.41) is 0.329. The molecule has 0 bridgehead atoms. The number of nitrogen functional groups attached to an aromatic ring is 1. The topological polar surface area (TPSA) is 107 Å². The van der Waals surface area contributed by atoms with Crippen LogP contribution in [-0.4, -0.2) is 55.4 Å². The molecule has 1 amide bonds. The van der Waals surface area contributed by atoms with Gasteiger partial charge in [-0.2, -0.15) is 0 Å². The highest BCUT2D eigenvalue weighted by atomic mass is 35.5. The van der Waals surface area contributed by atoms with Gasteiger partial charge in [0.05, 0.1) is 17.1 Å². The van der Waals surface area contributed by atoms with E-state index in [-0.39, 0.29) is 28.8 Å². The predicted molar refractivity (Wildman–Crippen MR) is 99.8 cm³/mol. The molecule has 1 aromatic carbocycles. The monoisotopic (exact) mass is 402 g/mol. The van der Waals surface area contributed by atoms with Gasteiger partial charge >= 0.3 is 5.97 Å². The Hall–Kier alpha value is -1.80. The molecule has 1 fully saturated rings. The standard InChI is InChI=1S/C17H23ClN2O5S/c1-3-11(2)20(13-6-7-26(23,24)10-13)16(21)9-25-17(22)14-8-12(18)4-5-15(14)19/h4-5,8,11,13H,3,6-7,9-10,19H2,1-2H3/t11-,13+/m0/s1. The third-order valence-electron chi connectivity index (χ3n) is 4.52. The van der Waals surface area contributed by atoms with Gasteiger partial charge in [0.15, 0.2) is 16.4 Å². The van der Waals surface area contributed by atoms with Gasteiger partial charge < -0.3 is 15.4 Å². The molecule has 1 aliphatic rings. The van der Waals surface area contributed by atoms with E-state index in [4.69, 9.17) is 22.1 Å². The number of hydrogen-bond donors (Lipinski definition) is 1. The number of carbonyl (C=O) groups excluding carboxylic acids is 2. The number of carbonyl (C=O) groups is 2. The van der Waals surface area contributed by atoms with Crippen molar-refractivity contribution in [3.8, 4) is 0 Å². The molecule has 1 heterocycles. The molecule has 7 nitrogen and oxygen atoms in total. The van der Waals surface area contributed by atoms with Gasteiger partial charge in [-0.1, -0.05) is 18.5 Å². The lowest BCUT2D eigenvalue weighted by atomic mass is 10.1. The molecule has 0 radical (unpaired) electrons. The van der Waals surface area contributed by atoms with Crippen LogP contribution in [0.25, 0.3) is 0 Å². The Labute approximate surface area is 158 Å². The summed E-state index contributed by atoms with van der Waals surface area (Å²) in [7, 11) is -3.13. The van der Waals surface area contributed by atoms with Crippen molar-refractivity contribution in [2.45, 2.75) is 38.8 Å². The Kier molecular flexibility index (Phi) is 6.52. The van der Waals surface area contributed by atoms with Crippen LogP contribution in [0.3, 0.4) is 0 Å². The van der Waals surface area contributed by atoms with Crippen molar-refractivity contribution in [1.29, 1.82) is 0 Å². The number of sulfone groups is 1. The molecular weight excluding hydrogens is 380 g/mol. The average molecular weight is 403 g/mol. The number of ether oxygens (including phenoxy) is 1. The first kappa shape index (κ1) is 20.5. The quantitative estimate of drug-likeness (QED) is 0.575. The Morgan fingerprint density at radius 1 is 1.42 bits per heavy atom. The SMILES string of the molecule is CC[C@H](C)N(C(=O)COC(=O)c1cc(Cl)ccc1N)[C@@H]1CCS(=O)(=O)C1. The molecule has 144 valence electrons. The molecule has 2 rings (SSSR count). The molecule has 0 spiro atoms. The van der Waals surface area contributed by atoms with Gasteiger partial charge in [0.1, 0.15) is 0 Å². The van der Waals surface area contributed by atoms with Crippen molar-refractivity contribution in [2.24, 2.45) is 0 Å². The third kappa shape index (κ3) is 4.88. The van der Waals surface area contributed by atoms with E-state index in [1.165, 1.54) is 17.0 Å². The van der Waals surface area contributed by atoms with Gasteiger partial charge in [-0.15, -0.1) is 0 Å². The van der Waals surface area contributed by atoms with Crippen LogP contribution in [-0.2, 0) is 19.4 Å². The number of rotatable bonds is 6. The van der Waals surface area contributed by atoms with Gasteiger partial charge in [-0.25, -0.2) is 13.2 Å². The number of anilines is 1.